The molecule has 0 bridgehead atoms. The molecule has 110 valence electrons. The zero-order valence-corrected chi connectivity index (χ0v) is 12.2. The van der Waals surface area contributed by atoms with Gasteiger partial charge in [-0.3, -0.25) is 0 Å². The first-order chi connectivity index (χ1) is 8.95. The van der Waals surface area contributed by atoms with Crippen molar-refractivity contribution in [3.63, 3.8) is 0 Å². The van der Waals surface area contributed by atoms with E-state index in [1.54, 1.807) is 0 Å². The minimum atomic E-state index is -3.50. The summed E-state index contributed by atoms with van der Waals surface area (Å²) in [7, 11) is -3.50. The number of aliphatic hydroxyl groups is 1. The van der Waals surface area contributed by atoms with Crippen molar-refractivity contribution in [2.45, 2.75) is 31.8 Å². The molecule has 0 saturated carbocycles. The predicted molar refractivity (Wildman–Crippen MR) is 72.2 cm³/mol. The second kappa shape index (κ2) is 7.64. The number of hydrogen-bond acceptors (Lipinski definition) is 4. The number of aromatic nitrogens is 1. The van der Waals surface area contributed by atoms with Crippen molar-refractivity contribution in [2.24, 2.45) is 5.92 Å². The average molecular weight is 290 g/mol. The smallest absolute Gasteiger partial charge is 0.242 e. The van der Waals surface area contributed by atoms with Gasteiger partial charge >= 0.3 is 0 Å². The van der Waals surface area contributed by atoms with Gasteiger partial charge in [-0.2, -0.15) is 0 Å². The number of aromatic amines is 1. The second-order valence-corrected chi connectivity index (χ2v) is 6.51. The average Bonchev–Trinajstić information content (AvgIpc) is 2.82. The van der Waals surface area contributed by atoms with Crippen LogP contribution in [0.5, 0.6) is 0 Å². The molecule has 0 aliphatic carbocycles. The first kappa shape index (κ1) is 16.2. The summed E-state index contributed by atoms with van der Waals surface area (Å²) in [4.78, 5) is 2.83. The third-order valence-corrected chi connectivity index (χ3v) is 3.85. The van der Waals surface area contributed by atoms with Crippen molar-refractivity contribution in [3.05, 3.63) is 18.0 Å². The Bertz CT molecular complexity index is 468. The summed E-state index contributed by atoms with van der Waals surface area (Å²) in [5.41, 5.74) is 0.473. The van der Waals surface area contributed by atoms with E-state index in [0.717, 1.165) is 0 Å². The van der Waals surface area contributed by atoms with Gasteiger partial charge in [-0.15, -0.1) is 0 Å². The normalized spacial score (nSPS) is 12.2. The van der Waals surface area contributed by atoms with Gasteiger partial charge in [0.25, 0.3) is 0 Å². The summed E-state index contributed by atoms with van der Waals surface area (Å²) >= 11 is 0. The predicted octanol–water partition coefficient (Wildman–Crippen LogP) is 0.848. The van der Waals surface area contributed by atoms with E-state index >= 15 is 0 Å². The van der Waals surface area contributed by atoms with Crippen LogP contribution in [-0.4, -0.2) is 38.3 Å². The van der Waals surface area contributed by atoms with Crippen LogP contribution in [0.15, 0.2) is 17.2 Å². The lowest BCUT2D eigenvalue weighted by Crippen LogP contribution is -2.25. The van der Waals surface area contributed by atoms with Crippen LogP contribution in [0, 0.1) is 5.92 Å². The molecule has 1 rings (SSSR count). The van der Waals surface area contributed by atoms with Crippen LogP contribution < -0.4 is 4.72 Å². The van der Waals surface area contributed by atoms with Gasteiger partial charge in [0, 0.05) is 31.6 Å². The van der Waals surface area contributed by atoms with Crippen LogP contribution in [0.1, 0.15) is 26.0 Å². The van der Waals surface area contributed by atoms with E-state index in [4.69, 9.17) is 9.84 Å². The van der Waals surface area contributed by atoms with E-state index in [0.29, 0.717) is 37.8 Å². The van der Waals surface area contributed by atoms with E-state index in [-0.39, 0.29) is 11.5 Å². The van der Waals surface area contributed by atoms with Crippen LogP contribution in [0.4, 0.5) is 0 Å². The Morgan fingerprint density at radius 1 is 1.47 bits per heavy atom. The second-order valence-electron chi connectivity index (χ2n) is 4.74. The maximum atomic E-state index is 11.8. The molecular weight excluding hydrogens is 268 g/mol. The maximum Gasteiger partial charge on any atom is 0.242 e. The Morgan fingerprint density at radius 3 is 2.79 bits per heavy atom. The summed E-state index contributed by atoms with van der Waals surface area (Å²) in [5.74, 6) is 0.480. The molecular formula is C12H22N2O4S. The lowest BCUT2D eigenvalue weighted by Gasteiger charge is -2.07. The van der Waals surface area contributed by atoms with Crippen molar-refractivity contribution < 1.29 is 18.3 Å². The molecule has 3 N–H and O–H groups in total. The van der Waals surface area contributed by atoms with E-state index in [1.165, 1.54) is 12.3 Å². The Labute approximate surface area is 114 Å². The van der Waals surface area contributed by atoms with Crippen LogP contribution in [0.3, 0.4) is 0 Å². The maximum absolute atomic E-state index is 11.8. The standard InChI is InChI=1S/C12H22N2O4S/c1-10(2)9-18-5-3-4-14-19(16,17)12-6-11(8-15)13-7-12/h6-7,10,13-15H,3-5,8-9H2,1-2H3. The third kappa shape index (κ3) is 5.73. The highest BCUT2D eigenvalue weighted by Gasteiger charge is 2.14. The van der Waals surface area contributed by atoms with Crippen LogP contribution in [0.2, 0.25) is 0 Å². The van der Waals surface area contributed by atoms with Gasteiger partial charge in [0.05, 0.1) is 11.5 Å². The van der Waals surface area contributed by atoms with Gasteiger partial charge in [0.15, 0.2) is 0 Å². The molecule has 19 heavy (non-hydrogen) atoms. The van der Waals surface area contributed by atoms with Gasteiger partial charge in [0.1, 0.15) is 0 Å². The molecule has 1 aromatic heterocycles. The molecule has 0 saturated heterocycles. The fourth-order valence-electron chi connectivity index (χ4n) is 1.45. The summed E-state index contributed by atoms with van der Waals surface area (Å²) < 4.78 is 31.6. The summed E-state index contributed by atoms with van der Waals surface area (Å²) in [5, 5.41) is 8.87. The number of H-pyrrole nitrogens is 1. The largest absolute Gasteiger partial charge is 0.390 e. The Kier molecular flexibility index (Phi) is 6.50. The molecule has 1 heterocycles. The minimum absolute atomic E-state index is 0.139. The van der Waals surface area contributed by atoms with Gasteiger partial charge in [-0.1, -0.05) is 13.8 Å². The highest BCUT2D eigenvalue weighted by molar-refractivity contribution is 7.89. The Balaban J connectivity index is 2.31. The topological polar surface area (TPSA) is 91.4 Å². The number of ether oxygens (including phenoxy) is 1. The highest BCUT2D eigenvalue weighted by Crippen LogP contribution is 2.10. The molecule has 0 amide bonds. The first-order valence-corrected chi connectivity index (χ1v) is 7.79. The van der Waals surface area contributed by atoms with E-state index in [9.17, 15) is 8.42 Å². The van der Waals surface area contributed by atoms with Gasteiger partial charge < -0.3 is 14.8 Å². The number of aliphatic hydroxyl groups excluding tert-OH is 1. The number of nitrogens with one attached hydrogen (secondary N) is 2. The van der Waals surface area contributed by atoms with Crippen molar-refractivity contribution >= 4 is 10.0 Å². The van der Waals surface area contributed by atoms with E-state index in [2.05, 4.69) is 23.6 Å². The van der Waals surface area contributed by atoms with E-state index < -0.39 is 10.0 Å². The van der Waals surface area contributed by atoms with Gasteiger partial charge in [-0.05, 0) is 18.4 Å². The Morgan fingerprint density at radius 2 is 2.21 bits per heavy atom. The summed E-state index contributed by atoms with van der Waals surface area (Å²) in [6.45, 7) is 5.47. The molecule has 0 aromatic carbocycles. The fourth-order valence-corrected chi connectivity index (χ4v) is 2.54. The monoisotopic (exact) mass is 290 g/mol. The number of hydrogen-bond donors (Lipinski definition) is 3. The minimum Gasteiger partial charge on any atom is -0.390 e. The molecule has 7 heteroatoms. The highest BCUT2D eigenvalue weighted by atomic mass is 32.2. The first-order valence-electron chi connectivity index (χ1n) is 6.31. The molecule has 0 unspecified atom stereocenters. The molecule has 0 radical (unpaired) electrons. The van der Waals surface area contributed by atoms with Crippen molar-refractivity contribution in [1.82, 2.24) is 9.71 Å². The molecule has 0 atom stereocenters. The van der Waals surface area contributed by atoms with Crippen molar-refractivity contribution in [1.29, 1.82) is 0 Å². The molecule has 0 spiro atoms. The third-order valence-electron chi connectivity index (χ3n) is 2.41. The van der Waals surface area contributed by atoms with Crippen LogP contribution >= 0.6 is 0 Å². The van der Waals surface area contributed by atoms with Crippen molar-refractivity contribution in [3.8, 4) is 0 Å². The Hall–Kier alpha value is -0.890. The molecule has 0 aliphatic rings. The van der Waals surface area contributed by atoms with Crippen molar-refractivity contribution in [2.75, 3.05) is 19.8 Å². The molecule has 1 aromatic rings. The summed E-state index contributed by atoms with van der Waals surface area (Å²) in [6, 6.07) is 1.41. The molecule has 0 aliphatic heterocycles. The summed E-state index contributed by atoms with van der Waals surface area (Å²) in [6.07, 6.45) is 1.99. The van der Waals surface area contributed by atoms with Gasteiger partial charge in [0.2, 0.25) is 10.0 Å². The number of rotatable bonds is 9. The van der Waals surface area contributed by atoms with Gasteiger partial charge in [-0.25, -0.2) is 13.1 Å². The zero-order valence-electron chi connectivity index (χ0n) is 11.3. The number of sulfonamides is 1. The van der Waals surface area contributed by atoms with E-state index in [1.807, 2.05) is 0 Å². The lowest BCUT2D eigenvalue weighted by molar-refractivity contribution is 0.108. The molecule has 6 nitrogen and oxygen atoms in total. The van der Waals surface area contributed by atoms with Crippen LogP contribution in [-0.2, 0) is 21.4 Å². The lowest BCUT2D eigenvalue weighted by atomic mass is 10.2. The van der Waals surface area contributed by atoms with Crippen LogP contribution in [0.25, 0.3) is 0 Å². The quantitative estimate of drug-likeness (QED) is 0.588. The molecule has 0 fully saturated rings. The zero-order chi connectivity index (χ0) is 14.3. The SMILES string of the molecule is CC(C)COCCCNS(=O)(=O)c1c[nH]c(CO)c1. The fraction of sp³-hybridized carbons (Fsp3) is 0.667.